The second-order valence-electron chi connectivity index (χ2n) is 4.71. The maximum absolute atomic E-state index is 9.22. The lowest BCUT2D eigenvalue weighted by Gasteiger charge is -2.22. The molecule has 0 radical (unpaired) electrons. The van der Waals surface area contributed by atoms with E-state index in [2.05, 4.69) is 26.2 Å². The van der Waals surface area contributed by atoms with Crippen LogP contribution in [0.2, 0.25) is 0 Å². The van der Waals surface area contributed by atoms with E-state index < -0.39 is 0 Å². The number of anilines is 1. The Morgan fingerprint density at radius 3 is 2.61 bits per heavy atom. The van der Waals surface area contributed by atoms with Crippen molar-refractivity contribution in [3.05, 3.63) is 34.1 Å². The highest BCUT2D eigenvalue weighted by Crippen LogP contribution is 2.27. The van der Waals surface area contributed by atoms with E-state index in [1.807, 2.05) is 43.5 Å². The maximum Gasteiger partial charge on any atom is 0.183 e. The summed E-state index contributed by atoms with van der Waals surface area (Å²) in [6, 6.07) is 8.05. The molecular formula is C13H15BrN2OS. The lowest BCUT2D eigenvalue weighted by molar-refractivity contribution is 0.234. The van der Waals surface area contributed by atoms with Crippen LogP contribution in [0.3, 0.4) is 0 Å². The zero-order chi connectivity index (χ0) is 13.2. The Kier molecular flexibility index (Phi) is 4.04. The van der Waals surface area contributed by atoms with Gasteiger partial charge in [-0.3, -0.25) is 0 Å². The van der Waals surface area contributed by atoms with Gasteiger partial charge in [-0.15, -0.1) is 11.3 Å². The van der Waals surface area contributed by atoms with Gasteiger partial charge in [-0.2, -0.15) is 0 Å². The van der Waals surface area contributed by atoms with Crippen molar-refractivity contribution in [1.82, 2.24) is 4.98 Å². The summed E-state index contributed by atoms with van der Waals surface area (Å²) in [5, 5.41) is 15.3. The molecule has 0 amide bonds. The van der Waals surface area contributed by atoms with Gasteiger partial charge in [0.05, 0.1) is 17.8 Å². The average Bonchev–Trinajstić information content (AvgIpc) is 2.78. The fraction of sp³-hybridized carbons (Fsp3) is 0.308. The normalized spacial score (nSPS) is 11.6. The Morgan fingerprint density at radius 1 is 1.33 bits per heavy atom. The summed E-state index contributed by atoms with van der Waals surface area (Å²) in [6.07, 6.45) is 0. The van der Waals surface area contributed by atoms with Crippen molar-refractivity contribution >= 4 is 32.4 Å². The molecule has 96 valence electrons. The highest BCUT2D eigenvalue weighted by Gasteiger charge is 2.17. The summed E-state index contributed by atoms with van der Waals surface area (Å²) in [7, 11) is 0. The number of aliphatic hydroxyl groups is 1. The van der Waals surface area contributed by atoms with E-state index in [-0.39, 0.29) is 12.1 Å². The van der Waals surface area contributed by atoms with Crippen LogP contribution in [0.5, 0.6) is 0 Å². The molecule has 1 aromatic carbocycles. The summed E-state index contributed by atoms with van der Waals surface area (Å²) in [4.78, 5) is 4.52. The van der Waals surface area contributed by atoms with Crippen molar-refractivity contribution in [2.45, 2.75) is 19.4 Å². The molecule has 3 nitrogen and oxygen atoms in total. The van der Waals surface area contributed by atoms with Gasteiger partial charge in [0, 0.05) is 15.4 Å². The Hall–Kier alpha value is -0.910. The topological polar surface area (TPSA) is 45.1 Å². The van der Waals surface area contributed by atoms with Crippen LogP contribution in [0.15, 0.2) is 34.1 Å². The SMILES string of the molecule is CC(C)(CO)Nc1nc(-c2ccc(Br)cc2)cs1. The zero-order valence-electron chi connectivity index (χ0n) is 10.3. The fourth-order valence-corrected chi connectivity index (χ4v) is 2.58. The molecule has 0 saturated carbocycles. The van der Waals surface area contributed by atoms with Crippen LogP contribution in [-0.2, 0) is 0 Å². The molecular weight excluding hydrogens is 312 g/mol. The summed E-state index contributed by atoms with van der Waals surface area (Å²) in [5.74, 6) is 0. The van der Waals surface area contributed by atoms with E-state index in [0.29, 0.717) is 0 Å². The van der Waals surface area contributed by atoms with E-state index in [4.69, 9.17) is 0 Å². The molecule has 0 spiro atoms. The van der Waals surface area contributed by atoms with Crippen molar-refractivity contribution in [2.75, 3.05) is 11.9 Å². The largest absolute Gasteiger partial charge is 0.394 e. The van der Waals surface area contributed by atoms with Gasteiger partial charge in [-0.05, 0) is 26.0 Å². The van der Waals surface area contributed by atoms with Gasteiger partial charge in [0.1, 0.15) is 0 Å². The number of nitrogens with one attached hydrogen (secondary N) is 1. The van der Waals surface area contributed by atoms with Crippen LogP contribution < -0.4 is 5.32 Å². The summed E-state index contributed by atoms with van der Waals surface area (Å²) < 4.78 is 1.06. The van der Waals surface area contributed by atoms with Crippen LogP contribution in [0.25, 0.3) is 11.3 Å². The molecule has 2 N–H and O–H groups in total. The van der Waals surface area contributed by atoms with Crippen molar-refractivity contribution in [3.8, 4) is 11.3 Å². The molecule has 5 heteroatoms. The lowest BCUT2D eigenvalue weighted by atomic mass is 10.1. The number of nitrogens with zero attached hydrogens (tertiary/aromatic N) is 1. The number of hydrogen-bond donors (Lipinski definition) is 2. The summed E-state index contributed by atoms with van der Waals surface area (Å²) in [6.45, 7) is 3.95. The minimum absolute atomic E-state index is 0.0696. The number of hydrogen-bond acceptors (Lipinski definition) is 4. The fourth-order valence-electron chi connectivity index (χ4n) is 1.41. The number of halogens is 1. The first-order chi connectivity index (χ1) is 8.50. The Morgan fingerprint density at radius 2 is 2.00 bits per heavy atom. The number of thiazole rings is 1. The van der Waals surface area contributed by atoms with E-state index in [9.17, 15) is 5.11 Å². The van der Waals surface area contributed by atoms with E-state index in [1.165, 1.54) is 0 Å². The minimum Gasteiger partial charge on any atom is -0.394 e. The molecule has 0 aliphatic heterocycles. The van der Waals surface area contributed by atoms with Crippen molar-refractivity contribution in [2.24, 2.45) is 0 Å². The Bertz CT molecular complexity index is 522. The molecule has 0 bridgehead atoms. The number of aromatic nitrogens is 1. The molecule has 2 aromatic rings. The molecule has 0 atom stereocenters. The monoisotopic (exact) mass is 326 g/mol. The van der Waals surface area contributed by atoms with Crippen LogP contribution in [0.1, 0.15) is 13.8 Å². The first-order valence-corrected chi connectivity index (χ1v) is 7.28. The molecule has 0 aliphatic rings. The quantitative estimate of drug-likeness (QED) is 0.899. The standard InChI is InChI=1S/C13H15BrN2OS/c1-13(2,8-17)16-12-15-11(7-18-12)9-3-5-10(14)6-4-9/h3-7,17H,8H2,1-2H3,(H,15,16). The second-order valence-corrected chi connectivity index (χ2v) is 6.49. The molecule has 18 heavy (non-hydrogen) atoms. The minimum atomic E-state index is -0.352. The van der Waals surface area contributed by atoms with Gasteiger partial charge >= 0.3 is 0 Å². The first-order valence-electron chi connectivity index (χ1n) is 5.61. The van der Waals surface area contributed by atoms with Gasteiger partial charge in [-0.25, -0.2) is 4.98 Å². The third-order valence-electron chi connectivity index (χ3n) is 2.48. The molecule has 0 aliphatic carbocycles. The third kappa shape index (κ3) is 3.31. The number of rotatable bonds is 4. The van der Waals surface area contributed by atoms with Gasteiger partial charge in [0.2, 0.25) is 0 Å². The summed E-state index contributed by atoms with van der Waals surface area (Å²) >= 11 is 4.96. The predicted molar refractivity (Wildman–Crippen MR) is 80.0 cm³/mol. The Balaban J connectivity index is 2.18. The van der Waals surface area contributed by atoms with Crippen molar-refractivity contribution in [3.63, 3.8) is 0 Å². The Labute approximate surface area is 119 Å². The molecule has 1 aromatic heterocycles. The van der Waals surface area contributed by atoms with Gasteiger partial charge in [0.15, 0.2) is 5.13 Å². The molecule has 0 unspecified atom stereocenters. The highest BCUT2D eigenvalue weighted by atomic mass is 79.9. The molecule has 0 saturated heterocycles. The van der Waals surface area contributed by atoms with Crippen molar-refractivity contribution in [1.29, 1.82) is 0 Å². The van der Waals surface area contributed by atoms with Gasteiger partial charge in [-0.1, -0.05) is 28.1 Å². The van der Waals surface area contributed by atoms with Crippen LogP contribution in [-0.4, -0.2) is 22.2 Å². The smallest absolute Gasteiger partial charge is 0.183 e. The maximum atomic E-state index is 9.22. The first kappa shape index (κ1) is 13.5. The summed E-state index contributed by atoms with van der Waals surface area (Å²) in [5.41, 5.74) is 1.68. The number of benzene rings is 1. The van der Waals surface area contributed by atoms with Gasteiger partial charge in [0.25, 0.3) is 0 Å². The highest BCUT2D eigenvalue weighted by molar-refractivity contribution is 9.10. The molecule has 1 heterocycles. The van der Waals surface area contributed by atoms with Crippen LogP contribution in [0.4, 0.5) is 5.13 Å². The molecule has 2 rings (SSSR count). The molecule has 0 fully saturated rings. The van der Waals surface area contributed by atoms with Gasteiger partial charge < -0.3 is 10.4 Å². The number of aliphatic hydroxyl groups excluding tert-OH is 1. The van der Waals surface area contributed by atoms with Crippen molar-refractivity contribution < 1.29 is 5.11 Å². The van der Waals surface area contributed by atoms with Crippen LogP contribution in [0, 0.1) is 0 Å². The average molecular weight is 327 g/mol. The van der Waals surface area contributed by atoms with E-state index in [1.54, 1.807) is 11.3 Å². The van der Waals surface area contributed by atoms with Crippen LogP contribution >= 0.6 is 27.3 Å². The zero-order valence-corrected chi connectivity index (χ0v) is 12.7. The predicted octanol–water partition coefficient (Wildman–Crippen LogP) is 3.76. The van der Waals surface area contributed by atoms with E-state index in [0.717, 1.165) is 20.9 Å². The second kappa shape index (κ2) is 5.38. The third-order valence-corrected chi connectivity index (χ3v) is 3.77. The van der Waals surface area contributed by atoms with E-state index >= 15 is 0 Å². The lowest BCUT2D eigenvalue weighted by Crippen LogP contribution is -2.34.